The lowest BCUT2D eigenvalue weighted by molar-refractivity contribution is 0.355. The van der Waals surface area contributed by atoms with Gasteiger partial charge in [0.2, 0.25) is 0 Å². The minimum Gasteiger partial charge on any atom is -0.493 e. The number of guanidine groups is 1. The SMILES string of the molecule is CN=C(NCCC1=CCCC1)Nc1ccc(OC)c(OC)c1.I. The third kappa shape index (κ3) is 5.93. The molecule has 0 bridgehead atoms. The van der Waals surface area contributed by atoms with Gasteiger partial charge in [-0.2, -0.15) is 0 Å². The molecular formula is C17H26IN3O2. The molecular weight excluding hydrogens is 405 g/mol. The smallest absolute Gasteiger partial charge is 0.195 e. The molecule has 0 heterocycles. The number of hydrogen-bond donors (Lipinski definition) is 2. The van der Waals surface area contributed by atoms with Gasteiger partial charge in [0, 0.05) is 25.3 Å². The van der Waals surface area contributed by atoms with E-state index in [1.165, 1.54) is 19.3 Å². The van der Waals surface area contributed by atoms with Gasteiger partial charge < -0.3 is 20.1 Å². The molecule has 2 N–H and O–H groups in total. The van der Waals surface area contributed by atoms with Crippen LogP contribution in [-0.2, 0) is 0 Å². The summed E-state index contributed by atoms with van der Waals surface area (Å²) in [5.41, 5.74) is 2.46. The number of nitrogens with zero attached hydrogens (tertiary/aromatic N) is 1. The topological polar surface area (TPSA) is 54.9 Å². The Morgan fingerprint density at radius 2 is 2.00 bits per heavy atom. The standard InChI is InChI=1S/C17H25N3O2.HI/c1-18-17(19-11-10-13-6-4-5-7-13)20-14-8-9-15(21-2)16(12-14)22-3;/h6,8-9,12H,4-5,7,10-11H2,1-3H3,(H2,18,19,20);1H. The van der Waals surface area contributed by atoms with E-state index in [2.05, 4.69) is 21.7 Å². The largest absolute Gasteiger partial charge is 0.493 e. The van der Waals surface area contributed by atoms with Gasteiger partial charge >= 0.3 is 0 Å². The maximum Gasteiger partial charge on any atom is 0.195 e. The first kappa shape index (κ1) is 19.6. The van der Waals surface area contributed by atoms with Crippen molar-refractivity contribution in [3.05, 3.63) is 29.8 Å². The van der Waals surface area contributed by atoms with Crippen molar-refractivity contribution in [2.75, 3.05) is 33.1 Å². The van der Waals surface area contributed by atoms with E-state index >= 15 is 0 Å². The molecule has 1 aliphatic carbocycles. The van der Waals surface area contributed by atoms with Crippen molar-refractivity contribution in [2.24, 2.45) is 4.99 Å². The van der Waals surface area contributed by atoms with Crippen molar-refractivity contribution in [3.63, 3.8) is 0 Å². The molecule has 23 heavy (non-hydrogen) atoms. The molecule has 1 aromatic carbocycles. The van der Waals surface area contributed by atoms with Gasteiger partial charge in [-0.25, -0.2) is 0 Å². The predicted octanol–water partition coefficient (Wildman–Crippen LogP) is 3.81. The van der Waals surface area contributed by atoms with Gasteiger partial charge in [0.1, 0.15) is 0 Å². The summed E-state index contributed by atoms with van der Waals surface area (Å²) in [7, 11) is 5.03. The molecule has 0 aliphatic heterocycles. The number of hydrogen-bond acceptors (Lipinski definition) is 3. The summed E-state index contributed by atoms with van der Waals surface area (Å²) in [6.07, 6.45) is 7.20. The molecule has 0 amide bonds. The Labute approximate surface area is 155 Å². The average molecular weight is 431 g/mol. The fourth-order valence-corrected chi connectivity index (χ4v) is 2.54. The van der Waals surface area contributed by atoms with Crippen LogP contribution in [0.3, 0.4) is 0 Å². The van der Waals surface area contributed by atoms with Crippen molar-refractivity contribution in [3.8, 4) is 11.5 Å². The first-order valence-electron chi connectivity index (χ1n) is 7.64. The molecule has 0 radical (unpaired) electrons. The van der Waals surface area contributed by atoms with Crippen molar-refractivity contribution >= 4 is 35.6 Å². The Bertz CT molecular complexity index is 559. The van der Waals surface area contributed by atoms with E-state index in [-0.39, 0.29) is 24.0 Å². The molecule has 0 unspecified atom stereocenters. The van der Waals surface area contributed by atoms with Gasteiger partial charge in [-0.1, -0.05) is 11.6 Å². The summed E-state index contributed by atoms with van der Waals surface area (Å²) in [5, 5.41) is 6.60. The highest BCUT2D eigenvalue weighted by atomic mass is 127. The quantitative estimate of drug-likeness (QED) is 0.311. The molecule has 5 nitrogen and oxygen atoms in total. The second-order valence-corrected chi connectivity index (χ2v) is 5.20. The van der Waals surface area contributed by atoms with E-state index in [9.17, 15) is 0 Å². The van der Waals surface area contributed by atoms with Crippen LogP contribution in [0.5, 0.6) is 11.5 Å². The van der Waals surface area contributed by atoms with Crippen molar-refractivity contribution < 1.29 is 9.47 Å². The maximum absolute atomic E-state index is 5.31. The Morgan fingerprint density at radius 1 is 1.22 bits per heavy atom. The van der Waals surface area contributed by atoms with Crippen LogP contribution < -0.4 is 20.1 Å². The molecule has 0 saturated heterocycles. The molecule has 128 valence electrons. The van der Waals surface area contributed by atoms with Crippen LogP contribution in [0.1, 0.15) is 25.7 Å². The number of rotatable bonds is 6. The van der Waals surface area contributed by atoms with Crippen molar-refractivity contribution in [1.82, 2.24) is 5.32 Å². The van der Waals surface area contributed by atoms with E-state index < -0.39 is 0 Å². The monoisotopic (exact) mass is 431 g/mol. The van der Waals surface area contributed by atoms with Gasteiger partial charge in [-0.3, -0.25) is 4.99 Å². The minimum absolute atomic E-state index is 0. The summed E-state index contributed by atoms with van der Waals surface area (Å²) >= 11 is 0. The van der Waals surface area contributed by atoms with Crippen LogP contribution in [0, 0.1) is 0 Å². The molecule has 0 atom stereocenters. The second kappa shape index (κ2) is 10.4. The van der Waals surface area contributed by atoms with Crippen LogP contribution in [0.25, 0.3) is 0 Å². The predicted molar refractivity (Wildman–Crippen MR) is 106 cm³/mol. The summed E-state index contributed by atoms with van der Waals surface area (Å²) in [5.74, 6) is 2.16. The molecule has 2 rings (SSSR count). The summed E-state index contributed by atoms with van der Waals surface area (Å²) in [4.78, 5) is 4.25. The highest BCUT2D eigenvalue weighted by Gasteiger charge is 2.07. The van der Waals surface area contributed by atoms with Crippen LogP contribution >= 0.6 is 24.0 Å². The van der Waals surface area contributed by atoms with Crippen LogP contribution in [0.2, 0.25) is 0 Å². The van der Waals surface area contributed by atoms with Crippen LogP contribution in [-0.4, -0.2) is 33.8 Å². The third-order valence-corrected chi connectivity index (χ3v) is 3.74. The number of halogens is 1. The van der Waals surface area contributed by atoms with Gasteiger partial charge in [0.05, 0.1) is 14.2 Å². The fraction of sp³-hybridized carbons (Fsp3) is 0.471. The number of ether oxygens (including phenoxy) is 2. The summed E-state index contributed by atoms with van der Waals surface area (Å²) in [6, 6.07) is 5.71. The zero-order chi connectivity index (χ0) is 15.8. The molecule has 6 heteroatoms. The summed E-state index contributed by atoms with van der Waals surface area (Å²) < 4.78 is 10.5. The lowest BCUT2D eigenvalue weighted by atomic mass is 10.2. The van der Waals surface area contributed by atoms with Crippen LogP contribution in [0.15, 0.2) is 34.8 Å². The van der Waals surface area contributed by atoms with E-state index in [0.717, 1.165) is 24.6 Å². The Morgan fingerprint density at radius 3 is 2.61 bits per heavy atom. The van der Waals surface area contributed by atoms with Crippen molar-refractivity contribution in [1.29, 1.82) is 0 Å². The molecule has 0 aromatic heterocycles. The highest BCUT2D eigenvalue weighted by molar-refractivity contribution is 14.0. The second-order valence-electron chi connectivity index (χ2n) is 5.20. The number of allylic oxidation sites excluding steroid dienone is 1. The number of nitrogens with one attached hydrogen (secondary N) is 2. The number of methoxy groups -OCH3 is 2. The van der Waals surface area contributed by atoms with Gasteiger partial charge in [0.15, 0.2) is 17.5 Å². The van der Waals surface area contributed by atoms with Gasteiger partial charge in [-0.15, -0.1) is 24.0 Å². The Kier molecular flexibility index (Phi) is 8.83. The number of aliphatic imine (C=N–C) groups is 1. The maximum atomic E-state index is 5.31. The van der Waals surface area contributed by atoms with E-state index in [1.54, 1.807) is 26.8 Å². The highest BCUT2D eigenvalue weighted by Crippen LogP contribution is 2.29. The first-order valence-corrected chi connectivity index (χ1v) is 7.64. The number of benzene rings is 1. The molecule has 1 aromatic rings. The summed E-state index contributed by atoms with van der Waals surface area (Å²) in [6.45, 7) is 0.888. The van der Waals surface area contributed by atoms with Crippen LogP contribution in [0.4, 0.5) is 5.69 Å². The minimum atomic E-state index is 0. The third-order valence-electron chi connectivity index (χ3n) is 3.74. The van der Waals surface area contributed by atoms with E-state index in [0.29, 0.717) is 11.5 Å². The lowest BCUT2D eigenvalue weighted by Crippen LogP contribution is -2.31. The van der Waals surface area contributed by atoms with Gasteiger partial charge in [0.25, 0.3) is 0 Å². The Balaban J connectivity index is 0.00000264. The molecule has 0 spiro atoms. The zero-order valence-corrected chi connectivity index (χ0v) is 16.3. The Hall–Kier alpha value is -1.44. The lowest BCUT2D eigenvalue weighted by Gasteiger charge is -2.14. The molecule has 1 aliphatic rings. The molecule has 0 saturated carbocycles. The average Bonchev–Trinajstić information content (AvgIpc) is 3.07. The van der Waals surface area contributed by atoms with Gasteiger partial charge in [-0.05, 0) is 37.8 Å². The van der Waals surface area contributed by atoms with E-state index in [4.69, 9.17) is 9.47 Å². The zero-order valence-electron chi connectivity index (χ0n) is 14.0. The normalized spacial score (nSPS) is 13.9. The van der Waals surface area contributed by atoms with E-state index in [1.807, 2.05) is 18.2 Å². The molecule has 0 fully saturated rings. The fourth-order valence-electron chi connectivity index (χ4n) is 2.54. The first-order chi connectivity index (χ1) is 10.8. The number of anilines is 1. The van der Waals surface area contributed by atoms with Crippen molar-refractivity contribution in [2.45, 2.75) is 25.7 Å².